The summed E-state index contributed by atoms with van der Waals surface area (Å²) in [5, 5.41) is 3.06. The highest BCUT2D eigenvalue weighted by Crippen LogP contribution is 2.24. The molecule has 1 fully saturated rings. The van der Waals surface area contributed by atoms with Crippen molar-refractivity contribution in [2.24, 2.45) is 5.92 Å². The Kier molecular flexibility index (Phi) is 6.31. The lowest BCUT2D eigenvalue weighted by molar-refractivity contribution is -0.120. The van der Waals surface area contributed by atoms with Crippen LogP contribution in [0.15, 0.2) is 71.7 Å². The van der Waals surface area contributed by atoms with E-state index in [1.54, 1.807) is 10.8 Å². The predicted octanol–water partition coefficient (Wildman–Crippen LogP) is 4.31. The molecule has 5 rings (SSSR count). The van der Waals surface area contributed by atoms with Gasteiger partial charge in [0.05, 0.1) is 6.54 Å². The van der Waals surface area contributed by atoms with Crippen LogP contribution >= 0.6 is 0 Å². The second-order valence-electron chi connectivity index (χ2n) is 9.22. The number of amides is 1. The van der Waals surface area contributed by atoms with Crippen LogP contribution in [0.5, 0.6) is 0 Å². The van der Waals surface area contributed by atoms with Crippen molar-refractivity contribution < 1.29 is 4.79 Å². The van der Waals surface area contributed by atoms with Gasteiger partial charge in [-0.2, -0.15) is 0 Å². The molecule has 0 unspecified atom stereocenters. The molecule has 178 valence electrons. The third-order valence-electron chi connectivity index (χ3n) is 6.71. The van der Waals surface area contributed by atoms with E-state index in [1.165, 1.54) is 5.56 Å². The van der Waals surface area contributed by atoms with E-state index in [1.807, 2.05) is 79.4 Å². The van der Waals surface area contributed by atoms with Crippen molar-refractivity contribution >= 4 is 28.6 Å². The molecule has 0 atom stereocenters. The van der Waals surface area contributed by atoms with Crippen LogP contribution in [-0.4, -0.2) is 33.5 Å². The van der Waals surface area contributed by atoms with E-state index in [4.69, 9.17) is 4.98 Å². The molecule has 2 aromatic heterocycles. The Balaban J connectivity index is 1.37. The van der Waals surface area contributed by atoms with Crippen LogP contribution in [0.1, 0.15) is 29.5 Å². The predicted molar refractivity (Wildman–Crippen MR) is 139 cm³/mol. The largest absolute Gasteiger partial charge is 0.352 e. The van der Waals surface area contributed by atoms with Crippen molar-refractivity contribution in [1.82, 2.24) is 14.5 Å². The number of pyridine rings is 1. The van der Waals surface area contributed by atoms with Gasteiger partial charge in [-0.15, -0.1) is 0 Å². The lowest BCUT2D eigenvalue weighted by Gasteiger charge is -2.32. The summed E-state index contributed by atoms with van der Waals surface area (Å²) >= 11 is 0. The van der Waals surface area contributed by atoms with Crippen LogP contribution in [0.25, 0.3) is 11.2 Å². The standard InChI is InChI=1S/C28H29N5O2/c1-19-9-11-21(12-10-19)18-33-25-24(8-5-15-29-25)30-26(28(33)35)32-16-13-22(14-17-32)27(34)31-23-7-4-3-6-20(23)2/h3-12,15,22H,13-14,16-18H2,1-2H3,(H,31,34). The molecule has 0 bridgehead atoms. The molecule has 0 radical (unpaired) electrons. The number of nitrogens with zero attached hydrogens (tertiary/aromatic N) is 4. The number of fused-ring (bicyclic) bond motifs is 1. The van der Waals surface area contributed by atoms with Gasteiger partial charge >= 0.3 is 0 Å². The zero-order valence-electron chi connectivity index (χ0n) is 20.1. The van der Waals surface area contributed by atoms with Gasteiger partial charge in [-0.1, -0.05) is 48.0 Å². The fourth-order valence-electron chi connectivity index (χ4n) is 4.59. The van der Waals surface area contributed by atoms with Crippen molar-refractivity contribution in [3.8, 4) is 0 Å². The third kappa shape index (κ3) is 4.80. The van der Waals surface area contributed by atoms with Crippen LogP contribution in [0.3, 0.4) is 0 Å². The Bertz CT molecular complexity index is 1420. The highest BCUT2D eigenvalue weighted by molar-refractivity contribution is 5.93. The molecule has 1 aliphatic rings. The number of aromatic nitrogens is 3. The Labute approximate surface area is 204 Å². The van der Waals surface area contributed by atoms with E-state index in [0.29, 0.717) is 49.5 Å². The molecule has 4 aromatic rings. The van der Waals surface area contributed by atoms with Crippen molar-refractivity contribution in [3.05, 3.63) is 93.9 Å². The molecule has 7 heteroatoms. The molecule has 7 nitrogen and oxygen atoms in total. The van der Waals surface area contributed by atoms with Crippen LogP contribution in [0.4, 0.5) is 11.5 Å². The summed E-state index contributed by atoms with van der Waals surface area (Å²) in [5.74, 6) is 0.365. The van der Waals surface area contributed by atoms with Gasteiger partial charge in [0.25, 0.3) is 5.56 Å². The normalized spacial score (nSPS) is 14.3. The van der Waals surface area contributed by atoms with Gasteiger partial charge in [0.15, 0.2) is 11.5 Å². The second-order valence-corrected chi connectivity index (χ2v) is 9.22. The third-order valence-corrected chi connectivity index (χ3v) is 6.71. The number of carbonyl (C=O) groups excluding carboxylic acids is 1. The number of piperidine rings is 1. The molecule has 0 saturated carbocycles. The van der Waals surface area contributed by atoms with Crippen molar-refractivity contribution in [1.29, 1.82) is 0 Å². The van der Waals surface area contributed by atoms with E-state index in [-0.39, 0.29) is 17.4 Å². The first-order valence-electron chi connectivity index (χ1n) is 12.0. The molecule has 1 N–H and O–H groups in total. The first kappa shape index (κ1) is 22.8. The Hall–Kier alpha value is -4.00. The van der Waals surface area contributed by atoms with Gasteiger partial charge in [-0.25, -0.2) is 9.97 Å². The molecular weight excluding hydrogens is 438 g/mol. The monoisotopic (exact) mass is 467 g/mol. The number of aryl methyl sites for hydroxylation is 2. The minimum atomic E-state index is -0.153. The molecule has 1 aliphatic heterocycles. The van der Waals surface area contributed by atoms with Crippen LogP contribution in [0.2, 0.25) is 0 Å². The molecule has 35 heavy (non-hydrogen) atoms. The lowest BCUT2D eigenvalue weighted by atomic mass is 9.95. The van der Waals surface area contributed by atoms with E-state index >= 15 is 0 Å². The van der Waals surface area contributed by atoms with Crippen LogP contribution < -0.4 is 15.8 Å². The maximum absolute atomic E-state index is 13.6. The van der Waals surface area contributed by atoms with Gasteiger partial charge in [0, 0.05) is 30.9 Å². The number of nitrogens with one attached hydrogen (secondary N) is 1. The highest BCUT2D eigenvalue weighted by Gasteiger charge is 2.28. The first-order valence-corrected chi connectivity index (χ1v) is 12.0. The summed E-state index contributed by atoms with van der Waals surface area (Å²) in [6, 6.07) is 19.7. The number of carbonyl (C=O) groups is 1. The summed E-state index contributed by atoms with van der Waals surface area (Å²) in [6.07, 6.45) is 3.02. The van der Waals surface area contributed by atoms with Gasteiger partial charge in [-0.3, -0.25) is 14.2 Å². The van der Waals surface area contributed by atoms with Crippen molar-refractivity contribution in [2.75, 3.05) is 23.3 Å². The summed E-state index contributed by atoms with van der Waals surface area (Å²) in [6.45, 7) is 5.66. The SMILES string of the molecule is Cc1ccc(Cn2c(=O)c(N3CCC(C(=O)Nc4ccccc4C)CC3)nc3cccnc32)cc1. The van der Waals surface area contributed by atoms with Crippen LogP contribution in [-0.2, 0) is 11.3 Å². The number of anilines is 2. The average molecular weight is 468 g/mol. The van der Waals surface area contributed by atoms with E-state index in [9.17, 15) is 9.59 Å². The number of benzene rings is 2. The summed E-state index contributed by atoms with van der Waals surface area (Å²) in [5.41, 5.74) is 5.22. The quantitative estimate of drug-likeness (QED) is 0.473. The maximum atomic E-state index is 13.6. The summed E-state index contributed by atoms with van der Waals surface area (Å²) in [7, 11) is 0. The fraction of sp³-hybridized carbons (Fsp3) is 0.286. The van der Waals surface area contributed by atoms with E-state index in [0.717, 1.165) is 16.8 Å². The smallest absolute Gasteiger partial charge is 0.295 e. The van der Waals surface area contributed by atoms with Crippen molar-refractivity contribution in [2.45, 2.75) is 33.2 Å². The van der Waals surface area contributed by atoms with E-state index in [2.05, 4.69) is 10.3 Å². The molecule has 1 saturated heterocycles. The van der Waals surface area contributed by atoms with Gasteiger partial charge in [-0.05, 0) is 56.0 Å². The van der Waals surface area contributed by atoms with Gasteiger partial charge < -0.3 is 10.2 Å². The van der Waals surface area contributed by atoms with Gasteiger partial charge in [0.1, 0.15) is 5.52 Å². The minimum absolute atomic E-state index is 0.0337. The topological polar surface area (TPSA) is 80.1 Å². The lowest BCUT2D eigenvalue weighted by Crippen LogP contribution is -2.42. The van der Waals surface area contributed by atoms with Gasteiger partial charge in [0.2, 0.25) is 5.91 Å². The molecule has 3 heterocycles. The second kappa shape index (κ2) is 9.70. The molecule has 1 amide bonds. The number of hydrogen-bond donors (Lipinski definition) is 1. The first-order chi connectivity index (χ1) is 17.0. The maximum Gasteiger partial charge on any atom is 0.295 e. The number of hydrogen-bond acceptors (Lipinski definition) is 5. The van der Waals surface area contributed by atoms with E-state index < -0.39 is 0 Å². The molecular formula is C28H29N5O2. The average Bonchev–Trinajstić information content (AvgIpc) is 2.88. The Morgan fingerprint density at radius 3 is 2.49 bits per heavy atom. The summed E-state index contributed by atoms with van der Waals surface area (Å²) in [4.78, 5) is 37.6. The summed E-state index contributed by atoms with van der Waals surface area (Å²) < 4.78 is 1.71. The number of para-hydroxylation sites is 1. The number of rotatable bonds is 5. The molecule has 2 aromatic carbocycles. The molecule has 0 spiro atoms. The Morgan fingerprint density at radius 1 is 1.00 bits per heavy atom. The minimum Gasteiger partial charge on any atom is -0.352 e. The fourth-order valence-corrected chi connectivity index (χ4v) is 4.59. The Morgan fingerprint density at radius 2 is 1.74 bits per heavy atom. The molecule has 0 aliphatic carbocycles. The highest BCUT2D eigenvalue weighted by atomic mass is 16.2. The zero-order valence-corrected chi connectivity index (χ0v) is 20.1. The van der Waals surface area contributed by atoms with Crippen molar-refractivity contribution in [3.63, 3.8) is 0 Å². The van der Waals surface area contributed by atoms with Crippen LogP contribution in [0, 0.1) is 19.8 Å². The zero-order chi connectivity index (χ0) is 24.4.